The first-order valence-corrected chi connectivity index (χ1v) is 6.51. The minimum atomic E-state index is -0.0718. The second kappa shape index (κ2) is 5.32. The first kappa shape index (κ1) is 12.7. The van der Waals surface area contributed by atoms with Crippen molar-refractivity contribution in [1.29, 1.82) is 0 Å². The normalized spacial score (nSPS) is 14.1. The van der Waals surface area contributed by atoms with E-state index in [0.717, 1.165) is 24.2 Å². The number of rotatable bonds is 5. The third-order valence-corrected chi connectivity index (χ3v) is 3.06. The Balaban J connectivity index is 1.66. The Bertz CT molecular complexity index is 602. The molecule has 0 atom stereocenters. The lowest BCUT2D eigenvalue weighted by atomic mass is 10.2. The van der Waals surface area contributed by atoms with Gasteiger partial charge in [0.2, 0.25) is 17.7 Å². The summed E-state index contributed by atoms with van der Waals surface area (Å²) in [6.07, 6.45) is 2.25. The predicted molar refractivity (Wildman–Crippen MR) is 71.2 cm³/mol. The van der Waals surface area contributed by atoms with E-state index < -0.39 is 0 Å². The van der Waals surface area contributed by atoms with Gasteiger partial charge in [-0.25, -0.2) is 0 Å². The third-order valence-electron chi connectivity index (χ3n) is 3.06. The van der Waals surface area contributed by atoms with Crippen molar-refractivity contribution in [2.75, 3.05) is 7.11 Å². The van der Waals surface area contributed by atoms with E-state index in [1.54, 1.807) is 7.11 Å². The van der Waals surface area contributed by atoms with E-state index in [1.807, 2.05) is 24.3 Å². The quantitative estimate of drug-likeness (QED) is 0.894. The fourth-order valence-corrected chi connectivity index (χ4v) is 1.82. The van der Waals surface area contributed by atoms with Gasteiger partial charge < -0.3 is 14.5 Å². The van der Waals surface area contributed by atoms with Crippen LogP contribution in [0.1, 0.15) is 18.7 Å². The highest BCUT2D eigenvalue weighted by molar-refractivity contribution is 5.78. The fourth-order valence-electron chi connectivity index (χ4n) is 1.82. The summed E-state index contributed by atoms with van der Waals surface area (Å²) in [6.45, 7) is 0. The van der Waals surface area contributed by atoms with Gasteiger partial charge >= 0.3 is 0 Å². The highest BCUT2D eigenvalue weighted by Crippen LogP contribution is 2.22. The van der Waals surface area contributed by atoms with Gasteiger partial charge in [-0.15, -0.1) is 10.2 Å². The van der Waals surface area contributed by atoms with E-state index in [0.29, 0.717) is 17.8 Å². The van der Waals surface area contributed by atoms with Gasteiger partial charge in [-0.1, -0.05) is 0 Å². The molecule has 0 bridgehead atoms. The standard InChI is InChI=1S/C14H15N3O3/c1-19-11-6-2-9(3-7-11)14-17-16-13(20-14)8-12(18)15-10-4-5-10/h2-3,6-7,10H,4-5,8H2,1H3,(H,15,18). The van der Waals surface area contributed by atoms with Gasteiger partial charge in [0, 0.05) is 11.6 Å². The maximum absolute atomic E-state index is 11.6. The lowest BCUT2D eigenvalue weighted by Crippen LogP contribution is -2.27. The average Bonchev–Trinajstić information content (AvgIpc) is 3.15. The molecule has 1 aliphatic rings. The monoisotopic (exact) mass is 273 g/mol. The minimum absolute atomic E-state index is 0.0718. The van der Waals surface area contributed by atoms with E-state index in [9.17, 15) is 4.79 Å². The smallest absolute Gasteiger partial charge is 0.247 e. The van der Waals surface area contributed by atoms with Crippen molar-refractivity contribution < 1.29 is 13.9 Å². The number of hydrogen-bond acceptors (Lipinski definition) is 5. The van der Waals surface area contributed by atoms with Crippen molar-refractivity contribution in [3.8, 4) is 17.2 Å². The van der Waals surface area contributed by atoms with Crippen LogP contribution in [0.15, 0.2) is 28.7 Å². The second-order valence-corrected chi connectivity index (χ2v) is 4.75. The first-order chi connectivity index (χ1) is 9.74. The maximum atomic E-state index is 11.6. The SMILES string of the molecule is COc1ccc(-c2nnc(CC(=O)NC3CC3)o2)cc1. The van der Waals surface area contributed by atoms with Crippen molar-refractivity contribution >= 4 is 5.91 Å². The Kier molecular flexibility index (Phi) is 3.37. The van der Waals surface area contributed by atoms with E-state index in [2.05, 4.69) is 15.5 Å². The summed E-state index contributed by atoms with van der Waals surface area (Å²) >= 11 is 0. The van der Waals surface area contributed by atoms with Crippen molar-refractivity contribution in [3.05, 3.63) is 30.2 Å². The van der Waals surface area contributed by atoms with Crippen LogP contribution in [0.3, 0.4) is 0 Å². The molecular formula is C14H15N3O3. The van der Waals surface area contributed by atoms with Crippen LogP contribution in [0.5, 0.6) is 5.75 Å². The molecule has 0 saturated heterocycles. The second-order valence-electron chi connectivity index (χ2n) is 4.75. The van der Waals surface area contributed by atoms with Gasteiger partial charge in [-0.2, -0.15) is 0 Å². The summed E-state index contributed by atoms with van der Waals surface area (Å²) in [5, 5.41) is 10.7. The number of nitrogens with zero attached hydrogens (tertiary/aromatic N) is 2. The molecule has 1 fully saturated rings. The lowest BCUT2D eigenvalue weighted by molar-refractivity contribution is -0.120. The zero-order valence-electron chi connectivity index (χ0n) is 11.1. The molecule has 1 amide bonds. The number of hydrogen-bond donors (Lipinski definition) is 1. The van der Waals surface area contributed by atoms with Crippen LogP contribution in [0.25, 0.3) is 11.5 Å². The molecule has 1 aliphatic carbocycles. The molecule has 1 N–H and O–H groups in total. The van der Waals surface area contributed by atoms with Crippen molar-refractivity contribution in [2.45, 2.75) is 25.3 Å². The Morgan fingerprint density at radius 1 is 1.35 bits per heavy atom. The molecule has 0 unspecified atom stereocenters. The van der Waals surface area contributed by atoms with Crippen LogP contribution in [0.2, 0.25) is 0 Å². The van der Waals surface area contributed by atoms with Crippen LogP contribution in [0.4, 0.5) is 0 Å². The van der Waals surface area contributed by atoms with E-state index in [-0.39, 0.29) is 12.3 Å². The summed E-state index contributed by atoms with van der Waals surface area (Å²) in [5.74, 6) is 1.42. The Hall–Kier alpha value is -2.37. The summed E-state index contributed by atoms with van der Waals surface area (Å²) in [4.78, 5) is 11.6. The molecule has 3 rings (SSSR count). The first-order valence-electron chi connectivity index (χ1n) is 6.51. The van der Waals surface area contributed by atoms with Gasteiger partial charge in [-0.05, 0) is 37.1 Å². The van der Waals surface area contributed by atoms with E-state index in [4.69, 9.17) is 9.15 Å². The molecule has 1 saturated carbocycles. The summed E-state index contributed by atoms with van der Waals surface area (Å²) in [5.41, 5.74) is 0.798. The largest absolute Gasteiger partial charge is 0.497 e. The highest BCUT2D eigenvalue weighted by atomic mass is 16.5. The molecule has 6 heteroatoms. The third kappa shape index (κ3) is 2.96. The number of amides is 1. The van der Waals surface area contributed by atoms with Gasteiger partial charge in [0.15, 0.2) is 0 Å². The van der Waals surface area contributed by atoms with Crippen LogP contribution in [-0.2, 0) is 11.2 Å². The number of carbonyl (C=O) groups is 1. The van der Waals surface area contributed by atoms with Gasteiger partial charge in [-0.3, -0.25) is 4.79 Å². The molecule has 1 aromatic heterocycles. The van der Waals surface area contributed by atoms with Crippen LogP contribution >= 0.6 is 0 Å². The molecule has 0 aliphatic heterocycles. The number of aromatic nitrogens is 2. The Morgan fingerprint density at radius 2 is 2.10 bits per heavy atom. The van der Waals surface area contributed by atoms with Crippen LogP contribution in [-0.4, -0.2) is 29.3 Å². The zero-order valence-corrected chi connectivity index (χ0v) is 11.1. The van der Waals surface area contributed by atoms with E-state index >= 15 is 0 Å². The molecule has 0 radical (unpaired) electrons. The Morgan fingerprint density at radius 3 is 2.75 bits per heavy atom. The molecule has 1 aromatic carbocycles. The topological polar surface area (TPSA) is 77.2 Å². The number of nitrogens with one attached hydrogen (secondary N) is 1. The molecule has 0 spiro atoms. The maximum Gasteiger partial charge on any atom is 0.247 e. The highest BCUT2D eigenvalue weighted by Gasteiger charge is 2.24. The summed E-state index contributed by atoms with van der Waals surface area (Å²) < 4.78 is 10.6. The van der Waals surface area contributed by atoms with Crippen LogP contribution < -0.4 is 10.1 Å². The van der Waals surface area contributed by atoms with Crippen molar-refractivity contribution in [3.63, 3.8) is 0 Å². The molecule has 1 heterocycles. The minimum Gasteiger partial charge on any atom is -0.497 e. The average molecular weight is 273 g/mol. The molecule has 6 nitrogen and oxygen atoms in total. The molecule has 104 valence electrons. The fraction of sp³-hybridized carbons (Fsp3) is 0.357. The van der Waals surface area contributed by atoms with Gasteiger partial charge in [0.05, 0.1) is 7.11 Å². The zero-order chi connectivity index (χ0) is 13.9. The van der Waals surface area contributed by atoms with Gasteiger partial charge in [0.1, 0.15) is 12.2 Å². The molecule has 2 aromatic rings. The number of methoxy groups -OCH3 is 1. The summed E-state index contributed by atoms with van der Waals surface area (Å²) in [7, 11) is 1.61. The molecular weight excluding hydrogens is 258 g/mol. The number of carbonyl (C=O) groups excluding carboxylic acids is 1. The Labute approximate surface area is 116 Å². The number of ether oxygens (including phenoxy) is 1. The summed E-state index contributed by atoms with van der Waals surface area (Å²) in [6, 6.07) is 7.64. The van der Waals surface area contributed by atoms with Crippen molar-refractivity contribution in [1.82, 2.24) is 15.5 Å². The van der Waals surface area contributed by atoms with Crippen molar-refractivity contribution in [2.24, 2.45) is 0 Å². The van der Waals surface area contributed by atoms with E-state index in [1.165, 1.54) is 0 Å². The van der Waals surface area contributed by atoms with Gasteiger partial charge in [0.25, 0.3) is 0 Å². The predicted octanol–water partition coefficient (Wildman–Crippen LogP) is 1.57. The lowest BCUT2D eigenvalue weighted by Gasteiger charge is -2.00. The molecule has 20 heavy (non-hydrogen) atoms. The van der Waals surface area contributed by atoms with Crippen LogP contribution in [0, 0.1) is 0 Å². The number of benzene rings is 1.